The number of nitrogens with one attached hydrogen (secondary N) is 1. The molecule has 0 fully saturated rings. The number of carbonyl (C=O) groups excluding carboxylic acids is 1. The molecule has 0 unspecified atom stereocenters. The lowest BCUT2D eigenvalue weighted by molar-refractivity contribution is -0.120. The molecule has 0 aliphatic carbocycles. The van der Waals surface area contributed by atoms with Crippen LogP contribution < -0.4 is 5.32 Å². The molecule has 1 N–H and O–H groups in total. The van der Waals surface area contributed by atoms with Gasteiger partial charge in [0.05, 0.1) is 18.7 Å². The number of carbonyl (C=O) groups is 1. The van der Waals surface area contributed by atoms with Gasteiger partial charge in [-0.3, -0.25) is 4.79 Å². The van der Waals surface area contributed by atoms with Crippen LogP contribution in [0.2, 0.25) is 0 Å². The molecule has 0 radical (unpaired) electrons. The summed E-state index contributed by atoms with van der Waals surface area (Å²) in [6, 6.07) is 24.3. The molecule has 0 bridgehead atoms. The molecule has 4 aromatic rings. The second kappa shape index (κ2) is 8.69. The highest BCUT2D eigenvalue weighted by Gasteiger charge is 2.11. The summed E-state index contributed by atoms with van der Waals surface area (Å²) in [6.07, 6.45) is 0.306. The molecule has 30 heavy (non-hydrogen) atoms. The van der Waals surface area contributed by atoms with E-state index in [9.17, 15) is 4.79 Å². The Hall–Kier alpha value is -3.80. The number of amides is 1. The SMILES string of the molecule is Cc1ccc(-n2nnnc2CNC(=O)Cc2ccc(-c3ccccc3)cc2)cc1C. The van der Waals surface area contributed by atoms with Crippen LogP contribution in [0.1, 0.15) is 22.5 Å². The Morgan fingerprint density at radius 2 is 1.63 bits per heavy atom. The van der Waals surface area contributed by atoms with Crippen LogP contribution in [0.3, 0.4) is 0 Å². The van der Waals surface area contributed by atoms with E-state index in [1.807, 2.05) is 67.6 Å². The first kappa shape index (κ1) is 19.5. The third-order valence-electron chi connectivity index (χ3n) is 5.14. The fourth-order valence-corrected chi connectivity index (χ4v) is 3.25. The van der Waals surface area contributed by atoms with Gasteiger partial charge in [-0.2, -0.15) is 4.68 Å². The Kier molecular flexibility index (Phi) is 5.66. The predicted octanol–water partition coefficient (Wildman–Crippen LogP) is 3.81. The van der Waals surface area contributed by atoms with Gasteiger partial charge in [-0.25, -0.2) is 0 Å². The summed E-state index contributed by atoms with van der Waals surface area (Å²) in [4.78, 5) is 12.4. The zero-order valence-electron chi connectivity index (χ0n) is 17.0. The van der Waals surface area contributed by atoms with Crippen molar-refractivity contribution in [2.24, 2.45) is 0 Å². The van der Waals surface area contributed by atoms with Crippen molar-refractivity contribution in [2.75, 3.05) is 0 Å². The van der Waals surface area contributed by atoms with Gasteiger partial charge in [0.25, 0.3) is 0 Å². The molecular formula is C24H23N5O. The fraction of sp³-hybridized carbons (Fsp3) is 0.167. The number of hydrogen-bond donors (Lipinski definition) is 1. The van der Waals surface area contributed by atoms with Crippen LogP contribution in [-0.2, 0) is 17.8 Å². The van der Waals surface area contributed by atoms with E-state index in [0.29, 0.717) is 12.2 Å². The summed E-state index contributed by atoms with van der Waals surface area (Å²) >= 11 is 0. The summed E-state index contributed by atoms with van der Waals surface area (Å²) in [5, 5.41) is 14.8. The van der Waals surface area contributed by atoms with Crippen molar-refractivity contribution in [2.45, 2.75) is 26.8 Å². The molecule has 1 aromatic heterocycles. The lowest BCUT2D eigenvalue weighted by Crippen LogP contribution is -2.26. The molecule has 6 nitrogen and oxygen atoms in total. The maximum atomic E-state index is 12.4. The third kappa shape index (κ3) is 4.43. The fourth-order valence-electron chi connectivity index (χ4n) is 3.25. The summed E-state index contributed by atoms with van der Waals surface area (Å²) < 4.78 is 1.65. The number of nitrogens with zero attached hydrogens (tertiary/aromatic N) is 4. The average molecular weight is 397 g/mol. The Labute approximate surface area is 175 Å². The van der Waals surface area contributed by atoms with E-state index in [1.54, 1.807) is 4.68 Å². The van der Waals surface area contributed by atoms with Crippen LogP contribution in [0.4, 0.5) is 0 Å². The van der Waals surface area contributed by atoms with E-state index in [4.69, 9.17) is 0 Å². The highest BCUT2D eigenvalue weighted by Crippen LogP contribution is 2.19. The molecule has 0 saturated heterocycles. The Morgan fingerprint density at radius 3 is 2.37 bits per heavy atom. The number of hydrogen-bond acceptors (Lipinski definition) is 4. The lowest BCUT2D eigenvalue weighted by Gasteiger charge is -2.09. The minimum Gasteiger partial charge on any atom is -0.348 e. The van der Waals surface area contributed by atoms with Gasteiger partial charge in [0, 0.05) is 0 Å². The molecule has 0 aliphatic heterocycles. The van der Waals surface area contributed by atoms with Crippen molar-refractivity contribution in [3.05, 3.63) is 95.3 Å². The summed E-state index contributed by atoms with van der Waals surface area (Å²) in [6.45, 7) is 4.38. The summed E-state index contributed by atoms with van der Waals surface area (Å²) in [5.41, 5.74) is 6.50. The second-order valence-electron chi connectivity index (χ2n) is 7.29. The normalized spacial score (nSPS) is 10.7. The Bertz CT molecular complexity index is 1150. The van der Waals surface area contributed by atoms with E-state index in [-0.39, 0.29) is 12.5 Å². The quantitative estimate of drug-likeness (QED) is 0.537. The molecule has 1 heterocycles. The van der Waals surface area contributed by atoms with Crippen molar-refractivity contribution in [3.8, 4) is 16.8 Å². The highest BCUT2D eigenvalue weighted by atomic mass is 16.1. The molecule has 4 rings (SSSR count). The van der Waals surface area contributed by atoms with Crippen LogP contribution in [0.25, 0.3) is 16.8 Å². The van der Waals surface area contributed by atoms with Crippen molar-refractivity contribution in [1.29, 1.82) is 0 Å². The topological polar surface area (TPSA) is 72.7 Å². The predicted molar refractivity (Wildman–Crippen MR) is 116 cm³/mol. The first-order valence-corrected chi connectivity index (χ1v) is 9.86. The largest absolute Gasteiger partial charge is 0.348 e. The molecule has 6 heteroatoms. The highest BCUT2D eigenvalue weighted by molar-refractivity contribution is 5.78. The molecule has 0 atom stereocenters. The van der Waals surface area contributed by atoms with Crippen molar-refractivity contribution < 1.29 is 4.79 Å². The van der Waals surface area contributed by atoms with E-state index >= 15 is 0 Å². The number of aryl methyl sites for hydroxylation is 2. The number of rotatable bonds is 6. The van der Waals surface area contributed by atoms with Gasteiger partial charge in [-0.05, 0) is 64.2 Å². The van der Waals surface area contributed by atoms with Crippen molar-refractivity contribution in [1.82, 2.24) is 25.5 Å². The Morgan fingerprint density at radius 1 is 0.900 bits per heavy atom. The van der Waals surface area contributed by atoms with Crippen molar-refractivity contribution >= 4 is 5.91 Å². The molecule has 0 saturated carbocycles. The van der Waals surface area contributed by atoms with E-state index in [2.05, 4.69) is 39.9 Å². The first-order valence-electron chi connectivity index (χ1n) is 9.86. The zero-order chi connectivity index (χ0) is 20.9. The monoisotopic (exact) mass is 397 g/mol. The molecule has 1 amide bonds. The maximum Gasteiger partial charge on any atom is 0.224 e. The van der Waals surface area contributed by atoms with Gasteiger partial charge in [-0.1, -0.05) is 60.7 Å². The minimum absolute atomic E-state index is 0.0721. The number of aromatic nitrogens is 4. The second-order valence-corrected chi connectivity index (χ2v) is 7.29. The first-order chi connectivity index (χ1) is 14.6. The van der Waals surface area contributed by atoms with Gasteiger partial charge in [-0.15, -0.1) is 5.10 Å². The summed E-state index contributed by atoms with van der Waals surface area (Å²) in [5.74, 6) is 0.517. The summed E-state index contributed by atoms with van der Waals surface area (Å²) in [7, 11) is 0. The van der Waals surface area contributed by atoms with Gasteiger partial charge in [0.1, 0.15) is 0 Å². The van der Waals surface area contributed by atoms with Crippen LogP contribution in [0, 0.1) is 13.8 Å². The van der Waals surface area contributed by atoms with E-state index in [1.165, 1.54) is 5.56 Å². The van der Waals surface area contributed by atoms with Gasteiger partial charge >= 0.3 is 0 Å². The van der Waals surface area contributed by atoms with Gasteiger partial charge in [0.2, 0.25) is 5.91 Å². The third-order valence-corrected chi connectivity index (χ3v) is 5.14. The number of benzene rings is 3. The molecule has 3 aromatic carbocycles. The van der Waals surface area contributed by atoms with E-state index in [0.717, 1.165) is 27.9 Å². The minimum atomic E-state index is -0.0721. The average Bonchev–Trinajstić information content (AvgIpc) is 3.24. The van der Waals surface area contributed by atoms with Crippen LogP contribution in [0.5, 0.6) is 0 Å². The Balaban J connectivity index is 1.38. The van der Waals surface area contributed by atoms with Gasteiger partial charge in [0.15, 0.2) is 5.82 Å². The molecule has 0 spiro atoms. The molecule has 150 valence electrons. The molecule has 0 aliphatic rings. The number of tetrazole rings is 1. The molecular weight excluding hydrogens is 374 g/mol. The standard InChI is InChI=1S/C24H23N5O/c1-17-8-13-22(14-18(17)2)29-23(26-27-28-29)16-25-24(30)15-19-9-11-21(12-10-19)20-6-4-3-5-7-20/h3-14H,15-16H2,1-2H3,(H,25,30). The van der Waals surface area contributed by atoms with Crippen molar-refractivity contribution in [3.63, 3.8) is 0 Å². The smallest absolute Gasteiger partial charge is 0.224 e. The van der Waals surface area contributed by atoms with E-state index < -0.39 is 0 Å². The van der Waals surface area contributed by atoms with Crippen LogP contribution in [0.15, 0.2) is 72.8 Å². The maximum absolute atomic E-state index is 12.4. The van der Waals surface area contributed by atoms with Gasteiger partial charge < -0.3 is 5.32 Å². The van der Waals surface area contributed by atoms with Crippen LogP contribution >= 0.6 is 0 Å². The van der Waals surface area contributed by atoms with Crippen LogP contribution in [-0.4, -0.2) is 26.1 Å². The lowest BCUT2D eigenvalue weighted by atomic mass is 10.0. The zero-order valence-corrected chi connectivity index (χ0v) is 17.0.